The number of carbonyl (C=O) groups excluding carboxylic acids is 2. The maximum Gasteiger partial charge on any atom is 0.220 e. The van der Waals surface area contributed by atoms with Crippen LogP contribution >= 0.6 is 0 Å². The van der Waals surface area contributed by atoms with Crippen LogP contribution in [0, 0.1) is 9.81 Å². The largest absolute Gasteiger partial charge is 0.353 e. The van der Waals surface area contributed by atoms with E-state index in [9.17, 15) is 19.4 Å². The van der Waals surface area contributed by atoms with Gasteiger partial charge in [-0.1, -0.05) is 0 Å². The van der Waals surface area contributed by atoms with Gasteiger partial charge in [0.1, 0.15) is 0 Å². The molecule has 2 fully saturated rings. The van der Waals surface area contributed by atoms with Crippen LogP contribution in [0.5, 0.6) is 0 Å². The van der Waals surface area contributed by atoms with Crippen LogP contribution in [-0.4, -0.2) is 55.6 Å². The first-order valence-corrected chi connectivity index (χ1v) is 11.0. The Morgan fingerprint density at radius 1 is 0.633 bits per heavy atom. The van der Waals surface area contributed by atoms with Gasteiger partial charge in [-0.05, 0) is 0 Å². The van der Waals surface area contributed by atoms with E-state index in [2.05, 4.69) is 10.6 Å². The summed E-state index contributed by atoms with van der Waals surface area (Å²) in [4.78, 5) is 49.7. The smallest absolute Gasteiger partial charge is 0.220 e. The van der Waals surface area contributed by atoms with E-state index < -0.39 is 22.2 Å². The standard InChI is InChI=1S/C22H38N4O4/c1-19(2)11-15(12-20(3,4)25(19)29)23-17(27)9-10-18(28)24-16-13-21(5,6)26(30)22(7,8)14-16/h15-16H,9-14H2,1-8H3/p+2. The minimum atomic E-state index is -0.549. The number of carbonyl (C=O) groups is 2. The van der Waals surface area contributed by atoms with Crippen LogP contribution in [0.3, 0.4) is 0 Å². The van der Waals surface area contributed by atoms with Crippen molar-refractivity contribution in [1.29, 1.82) is 0 Å². The molecule has 0 saturated carbocycles. The number of rotatable bonds is 5. The molecule has 2 N–H and O–H groups in total. The van der Waals surface area contributed by atoms with E-state index >= 15 is 0 Å². The van der Waals surface area contributed by atoms with Gasteiger partial charge in [0.05, 0.1) is 0 Å². The number of nitrogens with zero attached hydrogens (tertiary/aromatic N) is 2. The number of nitroso groups, excluding NO2 is 2. The van der Waals surface area contributed by atoms with Crippen LogP contribution in [0.1, 0.15) is 93.9 Å². The third-order valence-corrected chi connectivity index (χ3v) is 6.49. The number of amides is 2. The van der Waals surface area contributed by atoms with Crippen LogP contribution in [0.25, 0.3) is 0 Å². The molecule has 0 aliphatic carbocycles. The van der Waals surface area contributed by atoms with Crippen LogP contribution in [0.15, 0.2) is 0 Å². The van der Waals surface area contributed by atoms with Gasteiger partial charge in [-0.15, -0.1) is 0 Å². The molecule has 0 unspecified atom stereocenters. The fraction of sp³-hybridized carbons (Fsp3) is 0.909. The molecule has 0 aromatic carbocycles. The van der Waals surface area contributed by atoms with Gasteiger partial charge in [0, 0.05) is 125 Å². The number of piperidine rings is 2. The summed E-state index contributed by atoms with van der Waals surface area (Å²) in [7, 11) is 0. The molecule has 0 radical (unpaired) electrons. The number of hydrogen-bond donors (Lipinski definition) is 2. The average molecular weight is 425 g/mol. The highest BCUT2D eigenvalue weighted by molar-refractivity contribution is 5.84. The Bertz CT molecular complexity index is 637. The molecule has 8 nitrogen and oxygen atoms in total. The van der Waals surface area contributed by atoms with Crippen molar-refractivity contribution >= 4 is 11.8 Å². The van der Waals surface area contributed by atoms with Crippen LogP contribution in [-0.2, 0) is 9.59 Å². The lowest BCUT2D eigenvalue weighted by Crippen LogP contribution is -2.59. The van der Waals surface area contributed by atoms with E-state index in [1.54, 1.807) is 0 Å². The molecule has 8 heteroatoms. The molecule has 30 heavy (non-hydrogen) atoms. The van der Waals surface area contributed by atoms with E-state index in [1.807, 2.05) is 55.4 Å². The third kappa shape index (κ3) is 5.43. The fourth-order valence-electron chi connectivity index (χ4n) is 5.56. The average Bonchev–Trinajstić information content (AvgIpc) is 2.54. The fourth-order valence-corrected chi connectivity index (χ4v) is 5.56. The van der Waals surface area contributed by atoms with Crippen molar-refractivity contribution in [3.05, 3.63) is 9.81 Å². The molecule has 2 aliphatic heterocycles. The summed E-state index contributed by atoms with van der Waals surface area (Å²) in [6.07, 6.45) is 2.53. The van der Waals surface area contributed by atoms with Crippen LogP contribution in [0.4, 0.5) is 0 Å². The lowest BCUT2D eigenvalue weighted by Gasteiger charge is -2.37. The Labute approximate surface area is 180 Å². The summed E-state index contributed by atoms with van der Waals surface area (Å²) in [5.41, 5.74) is -2.19. The molecule has 0 aromatic rings. The predicted molar refractivity (Wildman–Crippen MR) is 115 cm³/mol. The zero-order valence-electron chi connectivity index (χ0n) is 19.9. The van der Waals surface area contributed by atoms with Gasteiger partial charge in [0.2, 0.25) is 34.0 Å². The second-order valence-electron chi connectivity index (χ2n) is 11.7. The topological polar surface area (TPSA) is 98.4 Å². The SMILES string of the molecule is CC1(C)CC(NC(=O)CCC(=O)NC2CC(C)(C)[N+](=O)C(C)(C)C2)CC(C)(C)[N+]1=O. The quantitative estimate of drug-likeness (QED) is 0.663. The van der Waals surface area contributed by atoms with Crippen LogP contribution in [0.2, 0.25) is 0 Å². The second-order valence-corrected chi connectivity index (χ2v) is 11.7. The van der Waals surface area contributed by atoms with Crippen molar-refractivity contribution in [2.75, 3.05) is 0 Å². The first kappa shape index (κ1) is 24.4. The highest BCUT2D eigenvalue weighted by atomic mass is 16.3. The van der Waals surface area contributed by atoms with E-state index in [0.717, 1.165) is 9.52 Å². The monoisotopic (exact) mass is 424 g/mol. The van der Waals surface area contributed by atoms with Gasteiger partial charge >= 0.3 is 0 Å². The highest BCUT2D eigenvalue weighted by Gasteiger charge is 2.55. The second kappa shape index (κ2) is 8.00. The van der Waals surface area contributed by atoms with Crippen molar-refractivity contribution in [3.8, 4) is 0 Å². The van der Waals surface area contributed by atoms with E-state index in [0.29, 0.717) is 25.7 Å². The minimum absolute atomic E-state index is 0.0845. The summed E-state index contributed by atoms with van der Waals surface area (Å²) in [6.45, 7) is 15.1. The predicted octanol–water partition coefficient (Wildman–Crippen LogP) is 3.00. The Balaban J connectivity index is 1.85. The normalized spacial score (nSPS) is 25.6. The molecule has 2 heterocycles. The van der Waals surface area contributed by atoms with Gasteiger partial charge in [-0.2, -0.15) is 0 Å². The minimum Gasteiger partial charge on any atom is -0.353 e. The maximum absolute atomic E-state index is 12.4. The van der Waals surface area contributed by atoms with Crippen molar-refractivity contribution in [3.63, 3.8) is 0 Å². The molecular weight excluding hydrogens is 384 g/mol. The Kier molecular flexibility index (Phi) is 6.51. The van der Waals surface area contributed by atoms with Crippen molar-refractivity contribution < 1.29 is 19.1 Å². The van der Waals surface area contributed by atoms with Gasteiger partial charge < -0.3 is 10.6 Å². The zero-order chi connectivity index (χ0) is 23.1. The van der Waals surface area contributed by atoms with Crippen molar-refractivity contribution in [2.24, 2.45) is 0 Å². The zero-order valence-corrected chi connectivity index (χ0v) is 19.9. The van der Waals surface area contributed by atoms with Gasteiger partial charge in [0.25, 0.3) is 0 Å². The molecule has 0 bridgehead atoms. The molecule has 0 atom stereocenters. The molecule has 2 saturated heterocycles. The molecule has 2 rings (SSSR count). The molecule has 2 aliphatic rings. The maximum atomic E-state index is 12.4. The first-order chi connectivity index (χ1) is 13.5. The van der Waals surface area contributed by atoms with E-state index in [4.69, 9.17) is 0 Å². The molecule has 0 spiro atoms. The van der Waals surface area contributed by atoms with Gasteiger partial charge in [-0.3, -0.25) is 9.59 Å². The number of nitrogens with one attached hydrogen (secondary N) is 2. The lowest BCUT2D eigenvalue weighted by atomic mass is 9.79. The van der Waals surface area contributed by atoms with E-state index in [1.165, 1.54) is 0 Å². The summed E-state index contributed by atoms with van der Waals surface area (Å²) in [5, 5.41) is 6.02. The molecule has 170 valence electrons. The number of hydrogen-bond acceptors (Lipinski definition) is 4. The summed E-state index contributed by atoms with van der Waals surface area (Å²) in [5.74, 6) is -0.340. The summed E-state index contributed by atoms with van der Waals surface area (Å²) >= 11 is 0. The van der Waals surface area contributed by atoms with Gasteiger partial charge in [-0.25, -0.2) is 0 Å². The van der Waals surface area contributed by atoms with Crippen molar-refractivity contribution in [1.82, 2.24) is 10.6 Å². The van der Waals surface area contributed by atoms with Crippen LogP contribution < -0.4 is 10.6 Å². The first-order valence-electron chi connectivity index (χ1n) is 11.0. The summed E-state index contributed by atoms with van der Waals surface area (Å²) in [6, 6.07) is -0.169. The van der Waals surface area contributed by atoms with E-state index in [-0.39, 0.29) is 36.7 Å². The third-order valence-electron chi connectivity index (χ3n) is 6.49. The summed E-state index contributed by atoms with van der Waals surface area (Å²) < 4.78 is 2.26. The highest BCUT2D eigenvalue weighted by Crippen LogP contribution is 2.35. The Morgan fingerprint density at radius 3 is 1.10 bits per heavy atom. The molecule has 0 aromatic heterocycles. The van der Waals surface area contributed by atoms with Crippen molar-refractivity contribution in [2.45, 2.75) is 128 Å². The van der Waals surface area contributed by atoms with Gasteiger partial charge in [0.15, 0.2) is 0 Å². The molecule has 2 amide bonds. The lowest BCUT2D eigenvalue weighted by molar-refractivity contribution is -0.693. The Hall–Kier alpha value is -1.86. The molecular formula is C22H40N4O4+2. The Morgan fingerprint density at radius 2 is 0.867 bits per heavy atom.